The summed E-state index contributed by atoms with van der Waals surface area (Å²) in [4.78, 5) is 28.9. The van der Waals surface area contributed by atoms with E-state index in [4.69, 9.17) is 21.4 Å². The van der Waals surface area contributed by atoms with Crippen LogP contribution in [0.4, 0.5) is 22.0 Å². The van der Waals surface area contributed by atoms with Gasteiger partial charge in [0, 0.05) is 42.4 Å². The summed E-state index contributed by atoms with van der Waals surface area (Å²) >= 11 is 6.15. The van der Waals surface area contributed by atoms with Gasteiger partial charge < -0.3 is 15.2 Å². The molecule has 3 aliphatic rings. The summed E-state index contributed by atoms with van der Waals surface area (Å²) < 4.78 is 105. The van der Waals surface area contributed by atoms with Gasteiger partial charge in [-0.3, -0.25) is 9.79 Å². The molecule has 2 fully saturated rings. The van der Waals surface area contributed by atoms with Crippen molar-refractivity contribution in [2.75, 3.05) is 19.7 Å². The number of allylic oxidation sites excluding steroid dienone is 1. The Morgan fingerprint density at radius 1 is 1.07 bits per heavy atom. The largest absolute Gasteiger partial charge is 0.481 e. The Hall–Kier alpha value is -3.56. The van der Waals surface area contributed by atoms with E-state index in [-0.39, 0.29) is 62.2 Å². The number of carbonyl (C=O) groups excluding carboxylic acids is 1. The van der Waals surface area contributed by atoms with Crippen LogP contribution in [0, 0.1) is 40.9 Å². The van der Waals surface area contributed by atoms with Gasteiger partial charge in [0.1, 0.15) is 29.3 Å². The predicted octanol–water partition coefficient (Wildman–Crippen LogP) is 4.85. The number of benzene rings is 2. The summed E-state index contributed by atoms with van der Waals surface area (Å²) in [6.07, 6.45) is 0.171. The minimum atomic E-state index is -3.83. The highest BCUT2D eigenvalue weighted by Gasteiger charge is 2.46. The summed E-state index contributed by atoms with van der Waals surface area (Å²) in [6, 6.07) is 1.08. The molecule has 2 heterocycles. The molecule has 0 amide bonds. The number of aliphatic imine (C=N–C) groups is 1. The van der Waals surface area contributed by atoms with Gasteiger partial charge in [-0.15, -0.1) is 0 Å². The van der Waals surface area contributed by atoms with Gasteiger partial charge in [-0.2, -0.15) is 0 Å². The fourth-order valence-corrected chi connectivity index (χ4v) is 8.16. The Morgan fingerprint density at radius 2 is 1.69 bits per heavy atom. The lowest BCUT2D eigenvalue weighted by Gasteiger charge is -2.40. The van der Waals surface area contributed by atoms with Crippen molar-refractivity contribution in [2.24, 2.45) is 16.8 Å². The molecule has 1 saturated carbocycles. The number of amidine groups is 1. The number of carbonyl (C=O) groups is 2. The highest BCUT2D eigenvalue weighted by Crippen LogP contribution is 2.42. The van der Waals surface area contributed by atoms with Crippen LogP contribution in [0.25, 0.3) is 0 Å². The van der Waals surface area contributed by atoms with Gasteiger partial charge in [0.2, 0.25) is 10.0 Å². The summed E-state index contributed by atoms with van der Waals surface area (Å²) in [5.41, 5.74) is -1.20. The predicted molar refractivity (Wildman–Crippen MR) is 151 cm³/mol. The number of aliphatic carboxylic acids is 1. The number of halogens is 6. The first-order chi connectivity index (χ1) is 21.2. The first kappa shape index (κ1) is 32.8. The monoisotopic (exact) mass is 675 g/mol. The quantitative estimate of drug-likeness (QED) is 0.233. The molecule has 242 valence electrons. The maximum atomic E-state index is 15.0. The van der Waals surface area contributed by atoms with Crippen molar-refractivity contribution >= 4 is 39.4 Å². The molecule has 2 N–H and O–H groups in total. The number of rotatable bonds is 8. The lowest BCUT2D eigenvalue weighted by atomic mass is 9.85. The number of carboxylic acid groups (broad SMARTS) is 1. The first-order valence-corrected chi connectivity index (χ1v) is 15.9. The zero-order valence-electron chi connectivity index (χ0n) is 23.6. The van der Waals surface area contributed by atoms with E-state index in [1.807, 2.05) is 0 Å². The van der Waals surface area contributed by atoms with Crippen LogP contribution in [0.1, 0.15) is 49.8 Å². The van der Waals surface area contributed by atoms with Crippen LogP contribution in [-0.2, 0) is 24.3 Å². The van der Waals surface area contributed by atoms with E-state index >= 15 is 0 Å². The number of hydrogen-bond donors (Lipinski definition) is 2. The Labute approximate surface area is 259 Å². The van der Waals surface area contributed by atoms with E-state index in [0.717, 1.165) is 12.1 Å². The maximum Gasteiger partial charge on any atom is 0.338 e. The van der Waals surface area contributed by atoms with Crippen molar-refractivity contribution in [3.05, 3.63) is 80.8 Å². The number of carboxylic acids is 1. The van der Waals surface area contributed by atoms with Gasteiger partial charge >= 0.3 is 11.9 Å². The molecule has 0 unspecified atom stereocenters. The average Bonchev–Trinajstić information content (AvgIpc) is 2.94. The number of piperidine rings is 1. The smallest absolute Gasteiger partial charge is 0.338 e. The van der Waals surface area contributed by atoms with E-state index in [0.29, 0.717) is 12.1 Å². The highest BCUT2D eigenvalue weighted by molar-refractivity contribution is 7.89. The summed E-state index contributed by atoms with van der Waals surface area (Å²) in [5, 5.41) is 10.3. The van der Waals surface area contributed by atoms with Crippen molar-refractivity contribution in [1.29, 1.82) is 0 Å². The number of hydrogen-bond acceptors (Lipinski definition) is 7. The lowest BCUT2D eigenvalue weighted by Crippen LogP contribution is -2.50. The third kappa shape index (κ3) is 6.17. The van der Waals surface area contributed by atoms with Crippen molar-refractivity contribution in [1.82, 2.24) is 9.62 Å². The third-order valence-corrected chi connectivity index (χ3v) is 11.0. The van der Waals surface area contributed by atoms with Crippen LogP contribution < -0.4 is 5.32 Å². The Bertz CT molecular complexity index is 1700. The molecule has 0 radical (unpaired) electrons. The van der Waals surface area contributed by atoms with E-state index in [9.17, 15) is 40.0 Å². The minimum absolute atomic E-state index is 0.0113. The van der Waals surface area contributed by atoms with Crippen molar-refractivity contribution in [2.45, 2.75) is 43.9 Å². The molecule has 2 aromatic carbocycles. The molecule has 9 nitrogen and oxygen atoms in total. The minimum Gasteiger partial charge on any atom is -0.481 e. The SMILES string of the molecule is CCOC(=O)C1=C(C2CCN(S(=O)(=O)[C@H]3C[C@H](C(=O)O)C3)CC2)NC(c2c(F)cc(F)cc2F)=N[C@H]1c1ccc(F)c(F)c1Cl. The van der Waals surface area contributed by atoms with Crippen LogP contribution in [-0.4, -0.2) is 60.6 Å². The van der Waals surface area contributed by atoms with Crippen molar-refractivity contribution < 1.29 is 49.8 Å². The van der Waals surface area contributed by atoms with Crippen LogP contribution in [0.2, 0.25) is 5.02 Å². The normalized spacial score (nSPS) is 22.8. The van der Waals surface area contributed by atoms with E-state index in [2.05, 4.69) is 10.3 Å². The van der Waals surface area contributed by atoms with Crippen LogP contribution >= 0.6 is 11.6 Å². The van der Waals surface area contributed by atoms with E-state index in [1.54, 1.807) is 0 Å². The van der Waals surface area contributed by atoms with Crippen LogP contribution in [0.3, 0.4) is 0 Å². The molecule has 16 heteroatoms. The van der Waals surface area contributed by atoms with Crippen molar-refractivity contribution in [3.63, 3.8) is 0 Å². The van der Waals surface area contributed by atoms with Crippen LogP contribution in [0.5, 0.6) is 0 Å². The Kier molecular flexibility index (Phi) is 9.25. The number of nitrogens with one attached hydrogen (secondary N) is 1. The average molecular weight is 676 g/mol. The van der Waals surface area contributed by atoms with Gasteiger partial charge in [-0.1, -0.05) is 17.7 Å². The van der Waals surface area contributed by atoms with Crippen molar-refractivity contribution in [3.8, 4) is 0 Å². The third-order valence-electron chi connectivity index (χ3n) is 8.26. The van der Waals surface area contributed by atoms with Gasteiger partial charge in [0.25, 0.3) is 0 Å². The molecule has 1 saturated heterocycles. The number of nitrogens with zero attached hydrogens (tertiary/aromatic N) is 2. The molecule has 45 heavy (non-hydrogen) atoms. The Morgan fingerprint density at radius 3 is 2.27 bits per heavy atom. The van der Waals surface area contributed by atoms with Gasteiger partial charge in [-0.25, -0.2) is 39.5 Å². The molecular weight excluding hydrogens is 649 g/mol. The molecule has 5 rings (SSSR count). The molecular formula is C29H27ClF5N3O6S. The van der Waals surface area contributed by atoms with E-state index in [1.165, 1.54) is 11.2 Å². The molecule has 2 aromatic rings. The molecule has 2 aliphatic heterocycles. The molecule has 0 aromatic heterocycles. The second kappa shape index (κ2) is 12.7. The van der Waals surface area contributed by atoms with Gasteiger partial charge in [0.05, 0.1) is 33.9 Å². The lowest BCUT2D eigenvalue weighted by molar-refractivity contribution is -0.144. The summed E-state index contributed by atoms with van der Waals surface area (Å²) in [7, 11) is -3.83. The topological polar surface area (TPSA) is 125 Å². The van der Waals surface area contributed by atoms with E-state index < -0.39 is 90.6 Å². The fourth-order valence-electron chi connectivity index (χ4n) is 5.81. The maximum absolute atomic E-state index is 15.0. The summed E-state index contributed by atoms with van der Waals surface area (Å²) in [6.45, 7) is 1.33. The van der Waals surface area contributed by atoms with Gasteiger partial charge in [-0.05, 0) is 38.7 Å². The number of ether oxygens (including phenoxy) is 1. The zero-order valence-corrected chi connectivity index (χ0v) is 25.2. The first-order valence-electron chi connectivity index (χ1n) is 14.0. The molecule has 1 atom stereocenters. The second-order valence-electron chi connectivity index (χ2n) is 10.9. The second-order valence-corrected chi connectivity index (χ2v) is 13.5. The van der Waals surface area contributed by atoms with Crippen LogP contribution in [0.15, 0.2) is 40.5 Å². The number of sulfonamides is 1. The highest BCUT2D eigenvalue weighted by atomic mass is 35.5. The standard InChI is InChI=1S/C29H27ClF5N3O6S/c1-2-44-29(41)22-25(13-5-7-38(8-6-13)45(42,43)16-9-14(10-16)28(39)40)36-27(21-19(33)11-15(31)12-20(21)34)37-26(22)17-3-4-18(32)24(35)23(17)30/h3-4,11-14,16,26H,2,5-10H2,1H3,(H,36,37)(H,39,40)/t14-,16-,26-/m0/s1. The zero-order chi connectivity index (χ0) is 32.8. The fraction of sp³-hybridized carbons (Fsp3) is 0.414. The molecule has 0 spiro atoms. The summed E-state index contributed by atoms with van der Waals surface area (Å²) in [5.74, 6) is -10.5. The molecule has 0 bridgehead atoms. The van der Waals surface area contributed by atoms with Gasteiger partial charge in [0.15, 0.2) is 11.6 Å². The Balaban J connectivity index is 1.56. The molecule has 1 aliphatic carbocycles. The number of esters is 1.